The van der Waals surface area contributed by atoms with E-state index in [1.807, 2.05) is 11.8 Å². The van der Waals surface area contributed by atoms with Crippen LogP contribution in [0.1, 0.15) is 12.5 Å². The van der Waals surface area contributed by atoms with E-state index in [1.54, 1.807) is 48.5 Å². The van der Waals surface area contributed by atoms with Gasteiger partial charge in [0.25, 0.3) is 5.91 Å². The van der Waals surface area contributed by atoms with Gasteiger partial charge in [-0.25, -0.2) is 14.8 Å². The van der Waals surface area contributed by atoms with Gasteiger partial charge in [0.1, 0.15) is 5.75 Å². The number of carbonyl (C=O) groups excluding carboxylic acids is 2. The van der Waals surface area contributed by atoms with Gasteiger partial charge in [-0.1, -0.05) is 11.6 Å². The molecule has 1 aliphatic heterocycles. The SMILES string of the molecule is Cc1cc(Cl)ccc1OCC(=O)OC(C)C(=O)N1CCN(c2ncccn2)CC1. The quantitative estimate of drug-likeness (QED) is 0.664. The highest BCUT2D eigenvalue weighted by molar-refractivity contribution is 6.30. The maximum absolute atomic E-state index is 12.6. The van der Waals surface area contributed by atoms with Crippen molar-refractivity contribution in [3.05, 3.63) is 47.2 Å². The third kappa shape index (κ3) is 5.57. The van der Waals surface area contributed by atoms with Gasteiger partial charge in [0.2, 0.25) is 5.95 Å². The van der Waals surface area contributed by atoms with Crippen molar-refractivity contribution in [2.24, 2.45) is 0 Å². The molecular weight excluding hydrogens is 396 g/mol. The molecule has 1 aliphatic rings. The molecule has 1 unspecified atom stereocenters. The molecule has 154 valence electrons. The molecule has 0 spiro atoms. The summed E-state index contributed by atoms with van der Waals surface area (Å²) < 4.78 is 10.7. The number of nitrogens with zero attached hydrogens (tertiary/aromatic N) is 4. The number of halogens is 1. The van der Waals surface area contributed by atoms with Crippen molar-refractivity contribution in [2.45, 2.75) is 20.0 Å². The van der Waals surface area contributed by atoms with Gasteiger partial charge in [0.05, 0.1) is 0 Å². The van der Waals surface area contributed by atoms with Crippen LogP contribution in [0.15, 0.2) is 36.7 Å². The smallest absolute Gasteiger partial charge is 0.344 e. The second-order valence-corrected chi connectivity index (χ2v) is 7.13. The molecule has 1 atom stereocenters. The number of benzene rings is 1. The highest BCUT2D eigenvalue weighted by Crippen LogP contribution is 2.21. The average Bonchev–Trinajstić information content (AvgIpc) is 2.73. The van der Waals surface area contributed by atoms with Gasteiger partial charge < -0.3 is 19.3 Å². The largest absolute Gasteiger partial charge is 0.482 e. The number of esters is 1. The minimum absolute atomic E-state index is 0.227. The van der Waals surface area contributed by atoms with Crippen LogP contribution in [-0.2, 0) is 14.3 Å². The zero-order chi connectivity index (χ0) is 20.8. The minimum atomic E-state index is -0.878. The summed E-state index contributed by atoms with van der Waals surface area (Å²) in [5, 5.41) is 0.593. The van der Waals surface area contributed by atoms with E-state index in [-0.39, 0.29) is 12.5 Å². The molecule has 0 saturated carbocycles. The number of piperazine rings is 1. The molecule has 1 aromatic carbocycles. The number of aryl methyl sites for hydroxylation is 1. The lowest BCUT2D eigenvalue weighted by Crippen LogP contribution is -2.52. The molecule has 0 radical (unpaired) electrons. The Hall–Kier alpha value is -2.87. The van der Waals surface area contributed by atoms with Crippen LogP contribution >= 0.6 is 11.6 Å². The number of anilines is 1. The lowest BCUT2D eigenvalue weighted by Gasteiger charge is -2.35. The van der Waals surface area contributed by atoms with E-state index < -0.39 is 12.1 Å². The van der Waals surface area contributed by atoms with Crippen molar-refractivity contribution in [2.75, 3.05) is 37.7 Å². The van der Waals surface area contributed by atoms with Gasteiger partial charge >= 0.3 is 5.97 Å². The fourth-order valence-corrected chi connectivity index (χ4v) is 3.26. The Balaban J connectivity index is 1.44. The third-order valence-electron chi connectivity index (χ3n) is 4.56. The maximum atomic E-state index is 12.6. The average molecular weight is 419 g/mol. The molecule has 1 aromatic heterocycles. The topological polar surface area (TPSA) is 84.9 Å². The van der Waals surface area contributed by atoms with E-state index in [1.165, 1.54) is 0 Å². The Morgan fingerprint density at radius 1 is 1.17 bits per heavy atom. The predicted octanol–water partition coefficient (Wildman–Crippen LogP) is 2.10. The number of aromatic nitrogens is 2. The lowest BCUT2D eigenvalue weighted by molar-refractivity contribution is -0.160. The molecule has 0 aliphatic carbocycles. The van der Waals surface area contributed by atoms with Crippen LogP contribution < -0.4 is 9.64 Å². The fraction of sp³-hybridized carbons (Fsp3) is 0.400. The molecular formula is C20H23ClN4O4. The van der Waals surface area contributed by atoms with Crippen molar-refractivity contribution in [1.82, 2.24) is 14.9 Å². The Morgan fingerprint density at radius 2 is 1.86 bits per heavy atom. The van der Waals surface area contributed by atoms with Crippen molar-refractivity contribution >= 4 is 29.4 Å². The summed E-state index contributed by atoms with van der Waals surface area (Å²) in [7, 11) is 0. The first-order valence-electron chi connectivity index (χ1n) is 9.33. The standard InChI is InChI=1S/C20H23ClN4O4/c1-14-12-16(21)4-5-17(14)28-13-18(26)29-15(2)19(27)24-8-10-25(11-9-24)20-22-6-3-7-23-20/h3-7,12,15H,8-11,13H2,1-2H3. The molecule has 2 aromatic rings. The first-order valence-corrected chi connectivity index (χ1v) is 9.71. The van der Waals surface area contributed by atoms with Gasteiger partial charge in [-0.3, -0.25) is 4.79 Å². The number of hydrogen-bond donors (Lipinski definition) is 0. The van der Waals surface area contributed by atoms with E-state index in [0.717, 1.165) is 5.56 Å². The van der Waals surface area contributed by atoms with Crippen LogP contribution in [0.3, 0.4) is 0 Å². The fourth-order valence-electron chi connectivity index (χ4n) is 3.03. The molecule has 1 fully saturated rings. The van der Waals surface area contributed by atoms with Crippen LogP contribution in [0.5, 0.6) is 5.75 Å². The summed E-state index contributed by atoms with van der Waals surface area (Å²) in [5.74, 6) is 0.365. The van der Waals surface area contributed by atoms with Gasteiger partial charge in [-0.05, 0) is 43.7 Å². The zero-order valence-corrected chi connectivity index (χ0v) is 17.1. The third-order valence-corrected chi connectivity index (χ3v) is 4.80. The van der Waals surface area contributed by atoms with Gasteiger partial charge in [-0.15, -0.1) is 0 Å². The van der Waals surface area contributed by atoms with Gasteiger partial charge in [0, 0.05) is 43.6 Å². The maximum Gasteiger partial charge on any atom is 0.344 e. The first-order chi connectivity index (χ1) is 13.9. The van der Waals surface area contributed by atoms with E-state index in [4.69, 9.17) is 21.1 Å². The Morgan fingerprint density at radius 3 is 2.52 bits per heavy atom. The highest BCUT2D eigenvalue weighted by Gasteiger charge is 2.28. The van der Waals surface area contributed by atoms with Crippen LogP contribution in [0.2, 0.25) is 5.02 Å². The lowest BCUT2D eigenvalue weighted by atomic mass is 10.2. The summed E-state index contributed by atoms with van der Waals surface area (Å²) in [6, 6.07) is 6.88. The minimum Gasteiger partial charge on any atom is -0.482 e. The number of ether oxygens (including phenoxy) is 2. The molecule has 9 heteroatoms. The summed E-state index contributed by atoms with van der Waals surface area (Å²) >= 11 is 5.90. The predicted molar refractivity (Wildman–Crippen MR) is 108 cm³/mol. The molecule has 1 amide bonds. The molecule has 0 bridgehead atoms. The summed E-state index contributed by atoms with van der Waals surface area (Å²) in [4.78, 5) is 36.8. The summed E-state index contributed by atoms with van der Waals surface area (Å²) in [6.07, 6.45) is 2.50. The van der Waals surface area contributed by atoms with Crippen LogP contribution in [0, 0.1) is 6.92 Å². The van der Waals surface area contributed by atoms with Crippen molar-refractivity contribution in [1.29, 1.82) is 0 Å². The van der Waals surface area contributed by atoms with Gasteiger partial charge in [-0.2, -0.15) is 0 Å². The second kappa shape index (κ2) is 9.56. The summed E-state index contributed by atoms with van der Waals surface area (Å²) in [6.45, 7) is 5.39. The molecule has 2 heterocycles. The molecule has 1 saturated heterocycles. The van der Waals surface area contributed by atoms with Crippen molar-refractivity contribution in [3.8, 4) is 5.75 Å². The number of rotatable bonds is 6. The molecule has 29 heavy (non-hydrogen) atoms. The number of amides is 1. The first kappa shape index (κ1) is 20.9. The second-order valence-electron chi connectivity index (χ2n) is 6.69. The van der Waals surface area contributed by atoms with Gasteiger partial charge in [0.15, 0.2) is 12.7 Å². The Bertz CT molecular complexity index is 857. The number of hydrogen-bond acceptors (Lipinski definition) is 7. The molecule has 8 nitrogen and oxygen atoms in total. The van der Waals surface area contributed by atoms with Crippen molar-refractivity contribution < 1.29 is 19.1 Å². The van der Waals surface area contributed by atoms with E-state index in [9.17, 15) is 9.59 Å². The molecule has 0 N–H and O–H groups in total. The summed E-state index contributed by atoms with van der Waals surface area (Å²) in [5.41, 5.74) is 0.815. The Kier molecular flexibility index (Phi) is 6.87. The van der Waals surface area contributed by atoms with Crippen molar-refractivity contribution in [3.63, 3.8) is 0 Å². The van der Waals surface area contributed by atoms with Crippen LogP contribution in [-0.4, -0.2) is 65.6 Å². The van der Waals surface area contributed by atoms with E-state index in [0.29, 0.717) is 42.9 Å². The highest BCUT2D eigenvalue weighted by atomic mass is 35.5. The normalized spacial score (nSPS) is 15.0. The van der Waals surface area contributed by atoms with Crippen LogP contribution in [0.4, 0.5) is 5.95 Å². The van der Waals surface area contributed by atoms with Crippen LogP contribution in [0.25, 0.3) is 0 Å². The molecule has 3 rings (SSSR count). The number of carbonyl (C=O) groups is 2. The Labute approximate surface area is 174 Å². The zero-order valence-electron chi connectivity index (χ0n) is 16.4. The monoisotopic (exact) mass is 418 g/mol. The van der Waals surface area contributed by atoms with E-state index in [2.05, 4.69) is 9.97 Å². The van der Waals surface area contributed by atoms with E-state index >= 15 is 0 Å².